The third-order valence-electron chi connectivity index (χ3n) is 8.02. The summed E-state index contributed by atoms with van der Waals surface area (Å²) >= 11 is 6.48. The van der Waals surface area contributed by atoms with Gasteiger partial charge >= 0.3 is 0 Å². The zero-order chi connectivity index (χ0) is 37.8. The molecule has 272 valence electrons. The Morgan fingerprint density at radius 1 is 0.321 bits per heavy atom. The van der Waals surface area contributed by atoms with E-state index in [1.807, 2.05) is 109 Å². The molecule has 0 aliphatic carbocycles. The fourth-order valence-electron chi connectivity index (χ4n) is 5.37. The first kappa shape index (κ1) is 37.2. The van der Waals surface area contributed by atoms with Crippen molar-refractivity contribution in [2.45, 2.75) is 39.7 Å². The lowest BCUT2D eigenvalue weighted by molar-refractivity contribution is 0.973. The van der Waals surface area contributed by atoms with E-state index in [0.29, 0.717) is 11.9 Å². The van der Waals surface area contributed by atoms with Crippen molar-refractivity contribution in [3.63, 3.8) is 0 Å². The van der Waals surface area contributed by atoms with Crippen LogP contribution in [-0.2, 0) is 0 Å². The number of anilines is 4. The van der Waals surface area contributed by atoms with E-state index in [1.54, 1.807) is 47.0 Å². The average Bonchev–Trinajstić information content (AvgIpc) is 3.22. The predicted molar refractivity (Wildman–Crippen MR) is 235 cm³/mol. The number of hydrogen-bond acceptors (Lipinski definition) is 10. The molecular formula is C46H34N6S4. The maximum absolute atomic E-state index is 4.84. The highest BCUT2D eigenvalue weighted by Crippen LogP contribution is 2.35. The maximum Gasteiger partial charge on any atom is 0.229 e. The van der Waals surface area contributed by atoms with E-state index in [1.165, 1.54) is 0 Å². The van der Waals surface area contributed by atoms with Crippen molar-refractivity contribution in [1.29, 1.82) is 0 Å². The zero-order valence-corrected chi connectivity index (χ0v) is 33.2. The Morgan fingerprint density at radius 3 is 0.857 bits per heavy atom. The highest BCUT2D eigenvalue weighted by Gasteiger charge is 2.11. The largest absolute Gasteiger partial charge is 0.324 e. The molecule has 0 fully saturated rings. The Kier molecular flexibility index (Phi) is 12.4. The molecule has 2 N–H and O–H groups in total. The van der Waals surface area contributed by atoms with E-state index in [-0.39, 0.29) is 0 Å². The van der Waals surface area contributed by atoms with Crippen LogP contribution < -0.4 is 10.6 Å². The summed E-state index contributed by atoms with van der Waals surface area (Å²) in [7, 11) is 0. The molecule has 0 atom stereocenters. The number of hydrogen-bond donors (Lipinski definition) is 2. The van der Waals surface area contributed by atoms with Gasteiger partial charge in [-0.3, -0.25) is 0 Å². The lowest BCUT2D eigenvalue weighted by Gasteiger charge is -2.10. The van der Waals surface area contributed by atoms with Crippen LogP contribution >= 0.6 is 47.0 Å². The van der Waals surface area contributed by atoms with Gasteiger partial charge in [-0.2, -0.15) is 0 Å². The first-order valence-corrected chi connectivity index (χ1v) is 21.0. The zero-order valence-electron chi connectivity index (χ0n) is 29.9. The normalized spacial score (nSPS) is 11.1. The van der Waals surface area contributed by atoms with Gasteiger partial charge in [-0.15, -0.1) is 0 Å². The van der Waals surface area contributed by atoms with Crippen molar-refractivity contribution in [2.75, 3.05) is 10.6 Å². The molecule has 0 bridgehead atoms. The summed E-state index contributed by atoms with van der Waals surface area (Å²) in [5, 5.41) is 10.4. The quantitative estimate of drug-likeness (QED) is 0.0820. The Labute approximate surface area is 343 Å². The monoisotopic (exact) mass is 798 g/mol. The summed E-state index contributed by atoms with van der Waals surface area (Å²) < 4.78 is 0. The number of benzene rings is 6. The summed E-state index contributed by atoms with van der Waals surface area (Å²) in [6, 6.07) is 61.7. The topological polar surface area (TPSA) is 75.6 Å². The highest BCUT2D eigenvalue weighted by atomic mass is 32.2. The molecular weight excluding hydrogens is 765 g/mol. The van der Waals surface area contributed by atoms with Crippen molar-refractivity contribution < 1.29 is 0 Å². The first-order valence-electron chi connectivity index (χ1n) is 17.8. The minimum atomic E-state index is 0.555. The molecule has 0 saturated heterocycles. The van der Waals surface area contributed by atoms with Gasteiger partial charge in [-0.05, 0) is 83.9 Å². The van der Waals surface area contributed by atoms with Crippen molar-refractivity contribution in [3.05, 3.63) is 193 Å². The molecule has 0 aliphatic rings. The standard InChI is InChI=1S/C46H34N6S4/c1-5-13-37(14-6-1)53-41-31-42(54-38-15-7-2-8-16-38)50-45(49-41)47-35-27-23-33(24-28-35)21-22-34-25-29-36(30-26-34)48-46-51-43(55-39-17-9-3-10-18-39)32-44(52-46)56-40-19-11-4-12-20-40/h1-32H,(H,47,49,50)(H,48,51,52). The summed E-state index contributed by atoms with van der Waals surface area (Å²) in [4.78, 5) is 23.9. The molecule has 56 heavy (non-hydrogen) atoms. The Bertz CT molecular complexity index is 2210. The van der Waals surface area contributed by atoms with Gasteiger partial charge in [0.25, 0.3) is 0 Å². The van der Waals surface area contributed by atoms with Crippen LogP contribution in [0.2, 0.25) is 0 Å². The van der Waals surface area contributed by atoms with Crippen LogP contribution in [0.5, 0.6) is 0 Å². The van der Waals surface area contributed by atoms with Crippen molar-refractivity contribution in [2.24, 2.45) is 0 Å². The maximum atomic E-state index is 4.84. The number of rotatable bonds is 14. The SMILES string of the molecule is C(=Cc1ccc(Nc2nc(Sc3ccccc3)cc(Sc3ccccc3)n2)cc1)c1ccc(Nc2nc(Sc3ccccc3)cc(Sc3ccccc3)n2)cc1. The second kappa shape index (κ2) is 18.7. The minimum absolute atomic E-state index is 0.555. The molecule has 0 aliphatic heterocycles. The first-order chi connectivity index (χ1) is 27.6. The number of nitrogens with zero attached hydrogens (tertiary/aromatic N) is 4. The van der Waals surface area contributed by atoms with Crippen LogP contribution in [0.1, 0.15) is 11.1 Å². The van der Waals surface area contributed by atoms with Gasteiger partial charge in [0.05, 0.1) is 0 Å². The van der Waals surface area contributed by atoms with Crippen molar-refractivity contribution >= 4 is 82.5 Å². The van der Waals surface area contributed by atoms with Gasteiger partial charge in [0.15, 0.2) is 0 Å². The van der Waals surface area contributed by atoms with Crippen LogP contribution in [0.4, 0.5) is 23.3 Å². The Balaban J connectivity index is 0.929. The molecule has 2 aromatic heterocycles. The van der Waals surface area contributed by atoms with E-state index in [4.69, 9.17) is 19.9 Å². The molecule has 8 rings (SSSR count). The minimum Gasteiger partial charge on any atom is -0.324 e. The smallest absolute Gasteiger partial charge is 0.229 e. The lowest BCUT2D eigenvalue weighted by Crippen LogP contribution is -1.99. The van der Waals surface area contributed by atoms with E-state index in [2.05, 4.69) is 95.6 Å². The van der Waals surface area contributed by atoms with Gasteiger partial charge in [-0.1, -0.05) is 156 Å². The molecule has 0 radical (unpaired) electrons. The fourth-order valence-corrected chi connectivity index (χ4v) is 8.87. The van der Waals surface area contributed by atoms with Crippen molar-refractivity contribution in [3.8, 4) is 0 Å². The van der Waals surface area contributed by atoms with Gasteiger partial charge in [0.2, 0.25) is 11.9 Å². The third-order valence-corrected chi connectivity index (χ3v) is 11.7. The van der Waals surface area contributed by atoms with Crippen LogP contribution in [0.3, 0.4) is 0 Å². The van der Waals surface area contributed by atoms with E-state index in [0.717, 1.165) is 62.2 Å². The third kappa shape index (κ3) is 10.9. The summed E-state index contributed by atoms with van der Waals surface area (Å²) in [6.07, 6.45) is 4.21. The average molecular weight is 799 g/mol. The Morgan fingerprint density at radius 2 is 0.589 bits per heavy atom. The molecule has 0 spiro atoms. The van der Waals surface area contributed by atoms with Gasteiger partial charge < -0.3 is 10.6 Å². The molecule has 6 nitrogen and oxygen atoms in total. The molecule has 0 saturated carbocycles. The van der Waals surface area contributed by atoms with Crippen LogP contribution in [0.15, 0.2) is 222 Å². The molecule has 2 heterocycles. The summed E-state index contributed by atoms with van der Waals surface area (Å²) in [5.74, 6) is 1.11. The van der Waals surface area contributed by atoms with E-state index < -0.39 is 0 Å². The predicted octanol–water partition coefficient (Wildman–Crippen LogP) is 13.5. The highest BCUT2D eigenvalue weighted by molar-refractivity contribution is 8.00. The second-order valence-corrected chi connectivity index (χ2v) is 16.6. The molecule has 0 amide bonds. The van der Waals surface area contributed by atoms with E-state index in [9.17, 15) is 0 Å². The number of aromatic nitrogens is 4. The molecule has 10 heteroatoms. The van der Waals surface area contributed by atoms with Crippen LogP contribution in [0, 0.1) is 0 Å². The van der Waals surface area contributed by atoms with Gasteiger partial charge in [0, 0.05) is 43.1 Å². The lowest BCUT2D eigenvalue weighted by atomic mass is 10.1. The molecule has 6 aromatic carbocycles. The Hall–Kier alpha value is -5.78. The summed E-state index contributed by atoms with van der Waals surface area (Å²) in [6.45, 7) is 0. The molecule has 8 aromatic rings. The van der Waals surface area contributed by atoms with Gasteiger partial charge in [0.1, 0.15) is 20.1 Å². The van der Waals surface area contributed by atoms with Crippen LogP contribution in [0.25, 0.3) is 12.2 Å². The van der Waals surface area contributed by atoms with Crippen LogP contribution in [-0.4, -0.2) is 19.9 Å². The molecule has 0 unspecified atom stereocenters. The van der Waals surface area contributed by atoms with E-state index >= 15 is 0 Å². The van der Waals surface area contributed by atoms with Crippen molar-refractivity contribution in [1.82, 2.24) is 19.9 Å². The number of nitrogens with one attached hydrogen (secondary N) is 2. The summed E-state index contributed by atoms with van der Waals surface area (Å²) in [5.41, 5.74) is 3.98. The fraction of sp³-hybridized carbons (Fsp3) is 0. The van der Waals surface area contributed by atoms with Gasteiger partial charge in [-0.25, -0.2) is 19.9 Å². The second-order valence-electron chi connectivity index (χ2n) is 12.2.